The molecule has 1 unspecified atom stereocenters. The third-order valence-electron chi connectivity index (χ3n) is 2.31. The molecule has 1 saturated carbocycles. The van der Waals surface area contributed by atoms with Crippen LogP contribution in [0.3, 0.4) is 0 Å². The molecule has 0 spiro atoms. The topological polar surface area (TPSA) is 108 Å². The van der Waals surface area contributed by atoms with Gasteiger partial charge in [-0.05, 0) is 18.8 Å². The van der Waals surface area contributed by atoms with Crippen LogP contribution < -0.4 is 11.4 Å². The number of hydrogen-bond acceptors (Lipinski definition) is 3. The van der Waals surface area contributed by atoms with Crippen molar-refractivity contribution in [2.24, 2.45) is 5.92 Å². The Kier molecular flexibility index (Phi) is 1.80. The Balaban J connectivity index is 2.49. The standard InChI is InChI=1S/C7H9N3O4/c11-5(12)4(3-1-2-3)10-6(13)8-9-7(10)14/h3-4H,1-2H2,(H,8,13)(H,9,14)(H,11,12). The zero-order chi connectivity index (χ0) is 10.3. The molecule has 14 heavy (non-hydrogen) atoms. The minimum absolute atomic E-state index is 0.0953. The summed E-state index contributed by atoms with van der Waals surface area (Å²) >= 11 is 0. The fourth-order valence-corrected chi connectivity index (χ4v) is 1.51. The largest absolute Gasteiger partial charge is 0.480 e. The molecule has 1 heterocycles. The smallest absolute Gasteiger partial charge is 0.345 e. The summed E-state index contributed by atoms with van der Waals surface area (Å²) in [6, 6.07) is -1.03. The highest BCUT2D eigenvalue weighted by Gasteiger charge is 2.39. The zero-order valence-corrected chi connectivity index (χ0v) is 7.19. The van der Waals surface area contributed by atoms with Crippen molar-refractivity contribution < 1.29 is 9.90 Å². The number of aromatic nitrogens is 3. The molecule has 1 aliphatic rings. The van der Waals surface area contributed by atoms with Crippen LogP contribution in [0.15, 0.2) is 9.59 Å². The molecule has 0 aliphatic heterocycles. The Morgan fingerprint density at radius 1 is 1.36 bits per heavy atom. The van der Waals surface area contributed by atoms with Crippen LogP contribution in [0.1, 0.15) is 18.9 Å². The zero-order valence-electron chi connectivity index (χ0n) is 7.19. The molecule has 0 amide bonds. The summed E-state index contributed by atoms with van der Waals surface area (Å²) in [5, 5.41) is 13.0. The normalized spacial score (nSPS) is 18.0. The summed E-state index contributed by atoms with van der Waals surface area (Å²) in [4.78, 5) is 33.1. The minimum atomic E-state index is -1.14. The first-order valence-corrected chi connectivity index (χ1v) is 4.23. The Labute approximate surface area is 77.4 Å². The van der Waals surface area contributed by atoms with E-state index in [0.29, 0.717) is 0 Å². The molecule has 3 N–H and O–H groups in total. The van der Waals surface area contributed by atoms with Crippen LogP contribution in [0.2, 0.25) is 0 Å². The maximum Gasteiger partial charge on any atom is 0.345 e. The lowest BCUT2D eigenvalue weighted by Gasteiger charge is -2.08. The number of nitrogens with one attached hydrogen (secondary N) is 2. The Bertz CT molecular complexity index is 436. The number of aliphatic carboxylic acids is 1. The van der Waals surface area contributed by atoms with E-state index in [1.807, 2.05) is 0 Å². The van der Waals surface area contributed by atoms with Gasteiger partial charge in [-0.15, -0.1) is 0 Å². The molecule has 0 bridgehead atoms. The summed E-state index contributed by atoms with van der Waals surface area (Å²) < 4.78 is 0.722. The number of rotatable bonds is 3. The van der Waals surface area contributed by atoms with E-state index < -0.39 is 23.4 Å². The second kappa shape index (κ2) is 2.86. The van der Waals surface area contributed by atoms with Crippen LogP contribution in [0.5, 0.6) is 0 Å². The predicted octanol–water partition coefficient (Wildman–Crippen LogP) is -1.10. The number of carbonyl (C=O) groups is 1. The number of H-pyrrole nitrogens is 2. The minimum Gasteiger partial charge on any atom is -0.480 e. The van der Waals surface area contributed by atoms with E-state index in [2.05, 4.69) is 10.2 Å². The summed E-state index contributed by atoms with van der Waals surface area (Å²) in [6.45, 7) is 0. The molecule has 1 aromatic rings. The van der Waals surface area contributed by atoms with Crippen molar-refractivity contribution in [1.82, 2.24) is 14.8 Å². The SMILES string of the molecule is O=C(O)C(C1CC1)n1c(=O)[nH][nH]c1=O. The number of carboxylic acid groups (broad SMARTS) is 1. The van der Waals surface area contributed by atoms with Gasteiger partial charge in [0.05, 0.1) is 0 Å². The molecule has 7 nitrogen and oxygen atoms in total. The number of nitrogens with zero attached hydrogens (tertiary/aromatic N) is 1. The van der Waals surface area contributed by atoms with E-state index in [1.165, 1.54) is 0 Å². The first-order chi connectivity index (χ1) is 6.61. The molecule has 1 atom stereocenters. The molecule has 0 aromatic carbocycles. The summed E-state index contributed by atoms with van der Waals surface area (Å²) in [5.41, 5.74) is -1.40. The van der Waals surface area contributed by atoms with Gasteiger partial charge in [-0.3, -0.25) is 0 Å². The lowest BCUT2D eigenvalue weighted by atomic mass is 10.2. The van der Waals surface area contributed by atoms with Crippen molar-refractivity contribution >= 4 is 5.97 Å². The van der Waals surface area contributed by atoms with Crippen LogP contribution in [0.25, 0.3) is 0 Å². The Morgan fingerprint density at radius 3 is 2.21 bits per heavy atom. The van der Waals surface area contributed by atoms with E-state index in [1.54, 1.807) is 0 Å². The number of carboxylic acids is 1. The van der Waals surface area contributed by atoms with Crippen molar-refractivity contribution in [3.05, 3.63) is 21.0 Å². The molecule has 0 saturated heterocycles. The van der Waals surface area contributed by atoms with E-state index in [0.717, 1.165) is 17.4 Å². The number of aromatic amines is 2. The molecule has 7 heteroatoms. The third kappa shape index (κ3) is 1.26. The van der Waals surface area contributed by atoms with E-state index in [-0.39, 0.29) is 5.92 Å². The van der Waals surface area contributed by atoms with Crippen LogP contribution in [0.4, 0.5) is 0 Å². The van der Waals surface area contributed by atoms with Gasteiger partial charge in [0.15, 0.2) is 0 Å². The third-order valence-corrected chi connectivity index (χ3v) is 2.31. The lowest BCUT2D eigenvalue weighted by molar-refractivity contribution is -0.141. The van der Waals surface area contributed by atoms with Crippen LogP contribution in [-0.2, 0) is 4.79 Å². The van der Waals surface area contributed by atoms with Gasteiger partial charge in [-0.2, -0.15) is 0 Å². The van der Waals surface area contributed by atoms with Gasteiger partial charge in [-0.25, -0.2) is 29.1 Å². The van der Waals surface area contributed by atoms with Gasteiger partial charge in [0.25, 0.3) is 0 Å². The van der Waals surface area contributed by atoms with Crippen molar-refractivity contribution in [2.75, 3.05) is 0 Å². The van der Waals surface area contributed by atoms with Crippen LogP contribution in [-0.4, -0.2) is 25.8 Å². The molecular weight excluding hydrogens is 190 g/mol. The Hall–Kier alpha value is -1.79. The Morgan fingerprint density at radius 2 is 1.86 bits per heavy atom. The van der Waals surface area contributed by atoms with E-state index in [4.69, 9.17) is 5.11 Å². The average molecular weight is 199 g/mol. The molecule has 1 fully saturated rings. The quantitative estimate of drug-likeness (QED) is 0.574. The molecule has 76 valence electrons. The van der Waals surface area contributed by atoms with Gasteiger partial charge < -0.3 is 5.11 Å². The lowest BCUT2D eigenvalue weighted by Crippen LogP contribution is -2.36. The first-order valence-electron chi connectivity index (χ1n) is 4.23. The second-order valence-corrected chi connectivity index (χ2v) is 3.35. The highest BCUT2D eigenvalue weighted by atomic mass is 16.4. The fraction of sp³-hybridized carbons (Fsp3) is 0.571. The molecule has 2 rings (SSSR count). The van der Waals surface area contributed by atoms with Gasteiger partial charge in [0, 0.05) is 0 Å². The van der Waals surface area contributed by atoms with Crippen molar-refractivity contribution in [1.29, 1.82) is 0 Å². The van der Waals surface area contributed by atoms with Crippen molar-refractivity contribution in [3.63, 3.8) is 0 Å². The highest BCUT2D eigenvalue weighted by Crippen LogP contribution is 2.38. The van der Waals surface area contributed by atoms with Gasteiger partial charge in [-0.1, -0.05) is 0 Å². The van der Waals surface area contributed by atoms with Crippen molar-refractivity contribution in [3.8, 4) is 0 Å². The summed E-state index contributed by atoms with van der Waals surface area (Å²) in [6.07, 6.45) is 1.49. The van der Waals surface area contributed by atoms with E-state index >= 15 is 0 Å². The summed E-state index contributed by atoms with van der Waals surface area (Å²) in [7, 11) is 0. The van der Waals surface area contributed by atoms with Gasteiger partial charge in [0.1, 0.15) is 6.04 Å². The van der Waals surface area contributed by atoms with Gasteiger partial charge in [0.2, 0.25) is 0 Å². The molecule has 1 aliphatic carbocycles. The summed E-state index contributed by atoms with van der Waals surface area (Å²) in [5.74, 6) is -1.23. The highest BCUT2D eigenvalue weighted by molar-refractivity contribution is 5.72. The second-order valence-electron chi connectivity index (χ2n) is 3.35. The number of hydrogen-bond donors (Lipinski definition) is 3. The van der Waals surface area contributed by atoms with Crippen molar-refractivity contribution in [2.45, 2.75) is 18.9 Å². The maximum absolute atomic E-state index is 11.1. The maximum atomic E-state index is 11.1. The van der Waals surface area contributed by atoms with Gasteiger partial charge >= 0.3 is 17.3 Å². The average Bonchev–Trinajstić information content (AvgIpc) is 2.87. The fourth-order valence-electron chi connectivity index (χ4n) is 1.51. The molecule has 0 radical (unpaired) electrons. The van der Waals surface area contributed by atoms with Crippen LogP contribution >= 0.6 is 0 Å². The van der Waals surface area contributed by atoms with Crippen LogP contribution in [0, 0.1) is 5.92 Å². The molecular formula is C7H9N3O4. The monoisotopic (exact) mass is 199 g/mol. The molecule has 1 aromatic heterocycles. The predicted molar refractivity (Wildman–Crippen MR) is 45.1 cm³/mol. The van der Waals surface area contributed by atoms with E-state index in [9.17, 15) is 14.4 Å². The first kappa shape index (κ1) is 8.79.